The molecule has 3 N–H and O–H groups in total. The van der Waals surface area contributed by atoms with Gasteiger partial charge in [-0.25, -0.2) is 0 Å². The van der Waals surface area contributed by atoms with E-state index in [0.717, 1.165) is 96.3 Å². The van der Waals surface area contributed by atoms with Crippen LogP contribution < -0.4 is 5.32 Å². The number of ether oxygens (including phenoxy) is 1. The summed E-state index contributed by atoms with van der Waals surface area (Å²) in [6.07, 6.45) is 72.6. The van der Waals surface area contributed by atoms with Crippen molar-refractivity contribution in [1.29, 1.82) is 0 Å². The minimum absolute atomic E-state index is 0.00731. The van der Waals surface area contributed by atoms with Crippen LogP contribution in [0.2, 0.25) is 0 Å². The van der Waals surface area contributed by atoms with Crippen molar-refractivity contribution in [1.82, 2.24) is 5.32 Å². The summed E-state index contributed by atoms with van der Waals surface area (Å²) in [5.74, 6) is -0.594. The Morgan fingerprint density at radius 1 is 0.470 bits per heavy atom. The maximum atomic E-state index is 13.2. The lowest BCUT2D eigenvalue weighted by Crippen LogP contribution is -2.46. The second kappa shape index (κ2) is 52.2. The molecule has 6 heteroatoms. The molecule has 0 saturated carbocycles. The van der Waals surface area contributed by atoms with Gasteiger partial charge >= 0.3 is 5.97 Å². The second-order valence-electron chi connectivity index (χ2n) is 17.6. The van der Waals surface area contributed by atoms with Gasteiger partial charge < -0.3 is 20.3 Å². The summed E-state index contributed by atoms with van der Waals surface area (Å²) < 4.78 is 5.89. The lowest BCUT2D eigenvalue weighted by atomic mass is 10.0. The van der Waals surface area contributed by atoms with E-state index >= 15 is 0 Å². The summed E-state index contributed by atoms with van der Waals surface area (Å²) in [6.45, 7) is 6.19. The van der Waals surface area contributed by atoms with Crippen LogP contribution in [0.25, 0.3) is 0 Å². The largest absolute Gasteiger partial charge is 0.462 e. The minimum Gasteiger partial charge on any atom is -0.462 e. The molecule has 0 saturated heterocycles. The molecule has 3 atom stereocenters. The maximum absolute atomic E-state index is 13.2. The van der Waals surface area contributed by atoms with Gasteiger partial charge in [0.1, 0.15) is 6.10 Å². The van der Waals surface area contributed by atoms with Crippen LogP contribution in [0.1, 0.15) is 220 Å². The molecule has 0 bridgehead atoms. The standard InChI is InChI=1S/C60H99NO5/c1-4-7-10-13-16-19-22-25-27-28-29-30-32-35-38-41-44-47-50-53-60(65)66-56(51-48-45-42-39-36-33-24-21-18-15-12-9-6-3)54-59(64)61-57(55-62)58(63)52-49-46-43-40-37-34-31-26-23-20-17-14-11-8-5-2/h7,9-10,12,15-16,18-19,21,24-25,27,29-30,33,35-36,38-39,42,56-58,62-63H,4-6,8,11,13-14,17,20,22-23,26,28,31-32,34,37,40-41,43-55H2,1-3H3,(H,61,64)/b10-7-,12-9+,18-15+,19-16-,24-21-,27-25-,30-29-,36-33-,38-35-,42-39+. The fourth-order valence-corrected chi connectivity index (χ4v) is 7.42. The third-order valence-electron chi connectivity index (χ3n) is 11.4. The van der Waals surface area contributed by atoms with E-state index in [1.165, 1.54) is 77.0 Å². The lowest BCUT2D eigenvalue weighted by molar-refractivity contribution is -0.151. The van der Waals surface area contributed by atoms with E-state index in [1.807, 2.05) is 48.6 Å². The van der Waals surface area contributed by atoms with E-state index in [0.29, 0.717) is 19.3 Å². The molecule has 0 aromatic carbocycles. The van der Waals surface area contributed by atoms with Crippen LogP contribution in [0.5, 0.6) is 0 Å². The number of rotatable bonds is 46. The van der Waals surface area contributed by atoms with Crippen LogP contribution in [0.4, 0.5) is 0 Å². The highest BCUT2D eigenvalue weighted by Crippen LogP contribution is 2.17. The topological polar surface area (TPSA) is 95.9 Å². The number of esters is 1. The van der Waals surface area contributed by atoms with Gasteiger partial charge in [-0.2, -0.15) is 0 Å². The summed E-state index contributed by atoms with van der Waals surface area (Å²) in [6, 6.07) is -0.740. The number of amides is 1. The number of carbonyl (C=O) groups excluding carboxylic acids is 2. The van der Waals surface area contributed by atoms with Gasteiger partial charge in [0.25, 0.3) is 0 Å². The predicted molar refractivity (Wildman–Crippen MR) is 286 cm³/mol. The van der Waals surface area contributed by atoms with E-state index in [-0.39, 0.29) is 24.9 Å². The maximum Gasteiger partial charge on any atom is 0.306 e. The van der Waals surface area contributed by atoms with Crippen molar-refractivity contribution < 1.29 is 24.5 Å². The Labute approximate surface area is 406 Å². The number of allylic oxidation sites excluding steroid dienone is 20. The lowest BCUT2D eigenvalue weighted by Gasteiger charge is -2.24. The molecule has 0 aliphatic carbocycles. The zero-order chi connectivity index (χ0) is 48.1. The number of hydrogen-bond acceptors (Lipinski definition) is 5. The smallest absolute Gasteiger partial charge is 0.306 e. The SMILES string of the molecule is CC/C=C\C/C=C\C/C=C\C/C=C\C/C=C\CCCCCC(=O)OC(CCC/C=C/C=C\C=C/C=C/C=C/CC)CC(=O)NC(CO)C(O)CCCCCCCCCCCCCCCCC. The third-order valence-corrected chi connectivity index (χ3v) is 11.4. The molecule has 6 nitrogen and oxygen atoms in total. The molecule has 0 aromatic heterocycles. The van der Waals surface area contributed by atoms with Crippen LogP contribution in [-0.2, 0) is 14.3 Å². The monoisotopic (exact) mass is 914 g/mol. The van der Waals surface area contributed by atoms with Crippen molar-refractivity contribution in [2.24, 2.45) is 0 Å². The van der Waals surface area contributed by atoms with Crippen molar-refractivity contribution in [2.45, 2.75) is 238 Å². The highest BCUT2D eigenvalue weighted by atomic mass is 16.5. The normalized spacial score (nSPS) is 14.2. The van der Waals surface area contributed by atoms with Crippen molar-refractivity contribution in [3.63, 3.8) is 0 Å². The van der Waals surface area contributed by atoms with Gasteiger partial charge in [-0.15, -0.1) is 0 Å². The first-order chi connectivity index (χ1) is 32.5. The summed E-state index contributed by atoms with van der Waals surface area (Å²) in [7, 11) is 0. The fourth-order valence-electron chi connectivity index (χ4n) is 7.42. The molecule has 0 fully saturated rings. The Morgan fingerprint density at radius 2 is 0.909 bits per heavy atom. The van der Waals surface area contributed by atoms with Gasteiger partial charge in [0.05, 0.1) is 25.2 Å². The molecule has 0 aromatic rings. The highest BCUT2D eigenvalue weighted by molar-refractivity contribution is 5.77. The third kappa shape index (κ3) is 46.8. The van der Waals surface area contributed by atoms with Gasteiger partial charge in [0.15, 0.2) is 0 Å². The Hall–Kier alpha value is -3.74. The second-order valence-corrected chi connectivity index (χ2v) is 17.6. The fraction of sp³-hybridized carbons (Fsp3) is 0.633. The van der Waals surface area contributed by atoms with Crippen LogP contribution in [0.15, 0.2) is 122 Å². The van der Waals surface area contributed by atoms with Crippen molar-refractivity contribution in [3.8, 4) is 0 Å². The number of carbonyl (C=O) groups is 2. The molecule has 0 heterocycles. The van der Waals surface area contributed by atoms with Crippen molar-refractivity contribution in [3.05, 3.63) is 122 Å². The van der Waals surface area contributed by atoms with Gasteiger partial charge in [-0.3, -0.25) is 9.59 Å². The molecule has 0 aliphatic heterocycles. The quantitative estimate of drug-likeness (QED) is 0.0245. The molecule has 3 unspecified atom stereocenters. The molecule has 0 rings (SSSR count). The average molecular weight is 914 g/mol. The number of aliphatic hydroxyl groups is 2. The van der Waals surface area contributed by atoms with E-state index in [9.17, 15) is 19.8 Å². The Kier molecular flexibility index (Phi) is 49.3. The molecule has 66 heavy (non-hydrogen) atoms. The van der Waals surface area contributed by atoms with Crippen molar-refractivity contribution >= 4 is 11.9 Å². The van der Waals surface area contributed by atoms with Crippen LogP contribution in [0, 0.1) is 0 Å². The van der Waals surface area contributed by atoms with E-state index < -0.39 is 18.2 Å². The van der Waals surface area contributed by atoms with Gasteiger partial charge in [-0.1, -0.05) is 245 Å². The Balaban J connectivity index is 4.71. The molecule has 1 amide bonds. The predicted octanol–water partition coefficient (Wildman–Crippen LogP) is 16.5. The number of nitrogens with one attached hydrogen (secondary N) is 1. The molecule has 0 aliphatic rings. The minimum atomic E-state index is -0.821. The summed E-state index contributed by atoms with van der Waals surface area (Å²) in [5, 5.41) is 23.8. The first-order valence-electron chi connectivity index (χ1n) is 26.8. The number of aliphatic hydroxyl groups excluding tert-OH is 2. The first kappa shape index (κ1) is 62.3. The molecule has 0 spiro atoms. The van der Waals surface area contributed by atoms with E-state index in [1.54, 1.807) is 0 Å². The number of hydrogen-bond donors (Lipinski definition) is 3. The van der Waals surface area contributed by atoms with Crippen LogP contribution in [-0.4, -0.2) is 46.9 Å². The molecule has 0 radical (unpaired) electrons. The molecular weight excluding hydrogens is 815 g/mol. The molecular formula is C60H99NO5. The summed E-state index contributed by atoms with van der Waals surface area (Å²) in [5.41, 5.74) is 0. The highest BCUT2D eigenvalue weighted by Gasteiger charge is 2.24. The van der Waals surface area contributed by atoms with Gasteiger partial charge in [0, 0.05) is 6.42 Å². The van der Waals surface area contributed by atoms with Crippen LogP contribution in [0.3, 0.4) is 0 Å². The first-order valence-corrected chi connectivity index (χ1v) is 26.8. The van der Waals surface area contributed by atoms with Crippen LogP contribution >= 0.6 is 0 Å². The number of unbranched alkanes of at least 4 members (excludes halogenated alkanes) is 18. The van der Waals surface area contributed by atoms with E-state index in [4.69, 9.17) is 4.74 Å². The summed E-state index contributed by atoms with van der Waals surface area (Å²) in [4.78, 5) is 26.2. The summed E-state index contributed by atoms with van der Waals surface area (Å²) >= 11 is 0. The van der Waals surface area contributed by atoms with E-state index in [2.05, 4.69) is 99.0 Å². The average Bonchev–Trinajstić information content (AvgIpc) is 3.31. The Morgan fingerprint density at radius 3 is 1.42 bits per heavy atom. The van der Waals surface area contributed by atoms with Gasteiger partial charge in [-0.05, 0) is 83.5 Å². The zero-order valence-corrected chi connectivity index (χ0v) is 42.5. The Bertz CT molecular complexity index is 1390. The zero-order valence-electron chi connectivity index (χ0n) is 42.5. The van der Waals surface area contributed by atoms with Gasteiger partial charge in [0.2, 0.25) is 5.91 Å². The molecule has 374 valence electrons. The van der Waals surface area contributed by atoms with Crippen molar-refractivity contribution in [2.75, 3.05) is 6.61 Å².